The Morgan fingerprint density at radius 2 is 2.06 bits per heavy atom. The lowest BCUT2D eigenvalue weighted by Gasteiger charge is -2.25. The van der Waals surface area contributed by atoms with Gasteiger partial charge in [-0.25, -0.2) is 0 Å². The molecule has 0 aliphatic rings. The Balaban J connectivity index is 2.78. The highest BCUT2D eigenvalue weighted by molar-refractivity contribution is 5.79. The molecule has 1 unspecified atom stereocenters. The number of carbonyl (C=O) groups excluding carboxylic acids is 1. The Morgan fingerprint density at radius 1 is 1.44 bits per heavy atom. The van der Waals surface area contributed by atoms with E-state index in [2.05, 4.69) is 0 Å². The second-order valence-corrected chi connectivity index (χ2v) is 3.84. The minimum atomic E-state index is -0.309. The highest BCUT2D eigenvalue weighted by atomic mass is 16.1. The molecule has 88 valence electrons. The van der Waals surface area contributed by atoms with E-state index in [0.29, 0.717) is 6.54 Å². The van der Waals surface area contributed by atoms with Crippen LogP contribution in [0.15, 0.2) is 24.3 Å². The highest BCUT2D eigenvalue weighted by Gasteiger charge is 2.17. The number of hydrogen-bond donors (Lipinski definition) is 2. The fourth-order valence-electron chi connectivity index (χ4n) is 1.60. The van der Waals surface area contributed by atoms with Crippen LogP contribution in [0.2, 0.25) is 0 Å². The molecule has 4 nitrogen and oxygen atoms in total. The summed E-state index contributed by atoms with van der Waals surface area (Å²) >= 11 is 0. The topological polar surface area (TPSA) is 72.3 Å². The van der Waals surface area contributed by atoms with Crippen LogP contribution >= 0.6 is 0 Å². The Labute approximate surface area is 96.2 Å². The van der Waals surface area contributed by atoms with Crippen LogP contribution in [0.25, 0.3) is 0 Å². The average Bonchev–Trinajstić information content (AvgIpc) is 2.27. The van der Waals surface area contributed by atoms with Crippen LogP contribution < -0.4 is 11.5 Å². The summed E-state index contributed by atoms with van der Waals surface area (Å²) in [7, 11) is 0. The number of nitrogens with zero attached hydrogens (tertiary/aromatic N) is 1. The zero-order chi connectivity index (χ0) is 12.1. The van der Waals surface area contributed by atoms with Gasteiger partial charge in [0.1, 0.15) is 0 Å². The number of primary amides is 1. The van der Waals surface area contributed by atoms with E-state index in [-0.39, 0.29) is 11.9 Å². The Hall–Kier alpha value is -1.55. The fourth-order valence-corrected chi connectivity index (χ4v) is 1.60. The number of anilines is 1. The van der Waals surface area contributed by atoms with Gasteiger partial charge in [0.2, 0.25) is 5.91 Å². The lowest BCUT2D eigenvalue weighted by atomic mass is 10.1. The predicted molar refractivity (Wildman–Crippen MR) is 65.6 cm³/mol. The molecule has 0 saturated heterocycles. The van der Waals surface area contributed by atoms with Crippen LogP contribution in [0.5, 0.6) is 0 Å². The maximum atomic E-state index is 11.1. The second kappa shape index (κ2) is 5.51. The minimum absolute atomic E-state index is 0.274. The van der Waals surface area contributed by atoms with Gasteiger partial charge >= 0.3 is 0 Å². The van der Waals surface area contributed by atoms with Crippen molar-refractivity contribution in [2.24, 2.45) is 5.73 Å². The van der Waals surface area contributed by atoms with Crippen molar-refractivity contribution in [1.82, 2.24) is 4.90 Å². The van der Waals surface area contributed by atoms with E-state index in [4.69, 9.17) is 11.5 Å². The number of rotatable bonds is 5. The maximum absolute atomic E-state index is 11.1. The SMILES string of the molecule is CCN(Cc1ccccc1N)C(C)C(N)=O. The molecule has 0 aliphatic carbocycles. The van der Waals surface area contributed by atoms with Gasteiger partial charge in [-0.05, 0) is 25.1 Å². The lowest BCUT2D eigenvalue weighted by Crippen LogP contribution is -2.42. The Kier molecular flexibility index (Phi) is 4.31. The third kappa shape index (κ3) is 2.97. The molecule has 0 aromatic heterocycles. The van der Waals surface area contributed by atoms with Crippen LogP contribution in [0.1, 0.15) is 19.4 Å². The number of hydrogen-bond acceptors (Lipinski definition) is 3. The third-order valence-electron chi connectivity index (χ3n) is 2.79. The molecule has 0 radical (unpaired) electrons. The van der Waals surface area contributed by atoms with E-state index in [1.807, 2.05) is 43.0 Å². The molecule has 4 N–H and O–H groups in total. The lowest BCUT2D eigenvalue weighted by molar-refractivity contribution is -0.122. The molecule has 0 saturated carbocycles. The molecule has 0 bridgehead atoms. The zero-order valence-electron chi connectivity index (χ0n) is 9.81. The summed E-state index contributed by atoms with van der Waals surface area (Å²) in [5, 5.41) is 0. The normalized spacial score (nSPS) is 12.7. The van der Waals surface area contributed by atoms with Crippen molar-refractivity contribution in [2.45, 2.75) is 26.4 Å². The fraction of sp³-hybridized carbons (Fsp3) is 0.417. The van der Waals surface area contributed by atoms with Gasteiger partial charge in [0.25, 0.3) is 0 Å². The number of carbonyl (C=O) groups is 1. The molecule has 1 rings (SSSR count). The molecule has 1 atom stereocenters. The van der Waals surface area contributed by atoms with Gasteiger partial charge in [-0.2, -0.15) is 0 Å². The van der Waals surface area contributed by atoms with Gasteiger partial charge < -0.3 is 11.5 Å². The number of amides is 1. The van der Waals surface area contributed by atoms with Crippen molar-refractivity contribution in [1.29, 1.82) is 0 Å². The summed E-state index contributed by atoms with van der Waals surface area (Å²) in [5.74, 6) is -0.309. The van der Waals surface area contributed by atoms with Crippen molar-refractivity contribution in [2.75, 3.05) is 12.3 Å². The number of nitrogens with two attached hydrogens (primary N) is 2. The first-order chi connectivity index (χ1) is 7.56. The van der Waals surface area contributed by atoms with Crippen LogP contribution in [0.4, 0.5) is 5.69 Å². The molecule has 1 aromatic carbocycles. The predicted octanol–water partition coefficient (Wildman–Crippen LogP) is 0.965. The quantitative estimate of drug-likeness (QED) is 0.727. The molecular formula is C12H19N3O. The largest absolute Gasteiger partial charge is 0.398 e. The van der Waals surface area contributed by atoms with E-state index in [9.17, 15) is 4.79 Å². The summed E-state index contributed by atoms with van der Waals surface area (Å²) in [6.07, 6.45) is 0. The molecule has 0 spiro atoms. The number of para-hydroxylation sites is 1. The second-order valence-electron chi connectivity index (χ2n) is 3.84. The van der Waals surface area contributed by atoms with Gasteiger partial charge in [0.15, 0.2) is 0 Å². The van der Waals surface area contributed by atoms with E-state index in [0.717, 1.165) is 17.8 Å². The van der Waals surface area contributed by atoms with Gasteiger partial charge in [-0.15, -0.1) is 0 Å². The summed E-state index contributed by atoms with van der Waals surface area (Å²) in [5.41, 5.74) is 12.9. The maximum Gasteiger partial charge on any atom is 0.234 e. The summed E-state index contributed by atoms with van der Waals surface area (Å²) in [6, 6.07) is 7.38. The van der Waals surface area contributed by atoms with Crippen LogP contribution in [-0.4, -0.2) is 23.4 Å². The van der Waals surface area contributed by atoms with E-state index in [1.54, 1.807) is 0 Å². The summed E-state index contributed by atoms with van der Waals surface area (Å²) in [6.45, 7) is 5.22. The molecular weight excluding hydrogens is 202 g/mol. The highest BCUT2D eigenvalue weighted by Crippen LogP contribution is 2.14. The van der Waals surface area contributed by atoms with Crippen molar-refractivity contribution < 1.29 is 4.79 Å². The minimum Gasteiger partial charge on any atom is -0.398 e. The zero-order valence-corrected chi connectivity index (χ0v) is 9.81. The molecule has 0 fully saturated rings. The van der Waals surface area contributed by atoms with Gasteiger partial charge in [-0.3, -0.25) is 9.69 Å². The number of nitrogen functional groups attached to an aromatic ring is 1. The first kappa shape index (κ1) is 12.5. The van der Waals surface area contributed by atoms with Gasteiger partial charge in [-0.1, -0.05) is 25.1 Å². The number of benzene rings is 1. The molecule has 4 heteroatoms. The number of likely N-dealkylation sites (N-methyl/N-ethyl adjacent to an activating group) is 1. The molecule has 1 amide bonds. The van der Waals surface area contributed by atoms with Crippen molar-refractivity contribution in [3.63, 3.8) is 0 Å². The van der Waals surface area contributed by atoms with Crippen molar-refractivity contribution >= 4 is 11.6 Å². The van der Waals surface area contributed by atoms with Gasteiger partial charge in [0.05, 0.1) is 6.04 Å². The summed E-state index contributed by atoms with van der Waals surface area (Å²) in [4.78, 5) is 13.1. The van der Waals surface area contributed by atoms with Crippen molar-refractivity contribution in [3.8, 4) is 0 Å². The molecule has 0 aliphatic heterocycles. The Morgan fingerprint density at radius 3 is 2.56 bits per heavy atom. The van der Waals surface area contributed by atoms with Crippen LogP contribution in [0, 0.1) is 0 Å². The average molecular weight is 221 g/mol. The third-order valence-corrected chi connectivity index (χ3v) is 2.79. The van der Waals surface area contributed by atoms with Crippen molar-refractivity contribution in [3.05, 3.63) is 29.8 Å². The monoisotopic (exact) mass is 221 g/mol. The van der Waals surface area contributed by atoms with E-state index >= 15 is 0 Å². The van der Waals surface area contributed by atoms with Gasteiger partial charge in [0, 0.05) is 12.2 Å². The summed E-state index contributed by atoms with van der Waals surface area (Å²) < 4.78 is 0. The van der Waals surface area contributed by atoms with Crippen LogP contribution in [-0.2, 0) is 11.3 Å². The first-order valence-electron chi connectivity index (χ1n) is 5.43. The van der Waals surface area contributed by atoms with Crippen LogP contribution in [0.3, 0.4) is 0 Å². The Bertz CT molecular complexity index is 365. The first-order valence-corrected chi connectivity index (χ1v) is 5.43. The molecule has 0 heterocycles. The van der Waals surface area contributed by atoms with E-state index in [1.165, 1.54) is 0 Å². The standard InChI is InChI=1S/C12H19N3O/c1-3-15(9(2)12(14)16)8-10-6-4-5-7-11(10)13/h4-7,9H,3,8,13H2,1-2H3,(H2,14,16). The molecule has 1 aromatic rings. The molecule has 16 heavy (non-hydrogen) atoms. The van der Waals surface area contributed by atoms with E-state index < -0.39 is 0 Å². The smallest absolute Gasteiger partial charge is 0.234 e.